The van der Waals surface area contributed by atoms with Gasteiger partial charge in [-0.15, -0.1) is 0 Å². The quantitative estimate of drug-likeness (QED) is 0.635. The summed E-state index contributed by atoms with van der Waals surface area (Å²) in [5, 5.41) is 2.64. The molecule has 0 saturated heterocycles. The lowest BCUT2D eigenvalue weighted by Gasteiger charge is -2.04. The highest BCUT2D eigenvalue weighted by Gasteiger charge is 2.05. The van der Waals surface area contributed by atoms with E-state index < -0.39 is 0 Å². The fourth-order valence-corrected chi connectivity index (χ4v) is 1.13. The Balaban J connectivity index is 2.45. The number of aromatic nitrogens is 2. The molecule has 0 aliphatic rings. The van der Waals surface area contributed by atoms with Crippen molar-refractivity contribution < 1.29 is 9.53 Å². The minimum Gasteiger partial charge on any atom is -0.383 e. The molecule has 0 unspecified atom stereocenters. The van der Waals surface area contributed by atoms with Crippen molar-refractivity contribution >= 4 is 5.91 Å². The number of imidazole rings is 1. The zero-order valence-corrected chi connectivity index (χ0v) is 8.90. The van der Waals surface area contributed by atoms with Crippen molar-refractivity contribution in [2.75, 3.05) is 20.3 Å². The third-order valence-electron chi connectivity index (χ3n) is 1.96. The largest absolute Gasteiger partial charge is 0.383 e. The predicted octanol–water partition coefficient (Wildman–Crippen LogP) is -1.05. The monoisotopic (exact) mass is 213 g/mol. The number of amides is 1. The molecular weight excluding hydrogens is 198 g/mol. The average molecular weight is 213 g/mol. The molecule has 84 valence electrons. The molecule has 1 rings (SSSR count). The van der Waals surface area contributed by atoms with Gasteiger partial charge in [-0.25, -0.2) is 4.79 Å². The van der Waals surface area contributed by atoms with Gasteiger partial charge in [0.2, 0.25) is 5.91 Å². The van der Waals surface area contributed by atoms with Crippen LogP contribution in [0.4, 0.5) is 0 Å². The van der Waals surface area contributed by atoms with Crippen LogP contribution in [-0.2, 0) is 23.1 Å². The zero-order valence-electron chi connectivity index (χ0n) is 8.90. The molecule has 1 N–H and O–H groups in total. The van der Waals surface area contributed by atoms with Crippen LogP contribution < -0.4 is 11.0 Å². The standard InChI is InChI=1S/C9H15N3O3/c1-11-4-5-12(9(11)14)7-8(13)10-3-6-15-2/h4-5H,3,6-7H2,1-2H3,(H,10,13). The van der Waals surface area contributed by atoms with E-state index in [4.69, 9.17) is 4.74 Å². The van der Waals surface area contributed by atoms with E-state index in [1.807, 2.05) is 0 Å². The van der Waals surface area contributed by atoms with E-state index in [9.17, 15) is 9.59 Å². The molecule has 0 radical (unpaired) electrons. The molecule has 6 heteroatoms. The van der Waals surface area contributed by atoms with E-state index in [2.05, 4.69) is 5.32 Å². The summed E-state index contributed by atoms with van der Waals surface area (Å²) in [5.74, 6) is -0.194. The summed E-state index contributed by atoms with van der Waals surface area (Å²) in [4.78, 5) is 22.7. The van der Waals surface area contributed by atoms with Gasteiger partial charge < -0.3 is 14.6 Å². The smallest absolute Gasteiger partial charge is 0.328 e. The van der Waals surface area contributed by atoms with Crippen molar-refractivity contribution in [1.29, 1.82) is 0 Å². The van der Waals surface area contributed by atoms with E-state index in [-0.39, 0.29) is 18.1 Å². The Morgan fingerprint density at radius 2 is 2.27 bits per heavy atom. The highest BCUT2D eigenvalue weighted by atomic mass is 16.5. The number of carbonyl (C=O) groups is 1. The minimum atomic E-state index is -0.197. The van der Waals surface area contributed by atoms with Gasteiger partial charge >= 0.3 is 5.69 Å². The van der Waals surface area contributed by atoms with Crippen LogP contribution in [0, 0.1) is 0 Å². The Labute approximate surface area is 87.5 Å². The van der Waals surface area contributed by atoms with E-state index in [1.54, 1.807) is 26.6 Å². The first-order valence-corrected chi connectivity index (χ1v) is 4.62. The third-order valence-corrected chi connectivity index (χ3v) is 1.96. The Kier molecular flexibility index (Phi) is 4.11. The van der Waals surface area contributed by atoms with Gasteiger partial charge in [-0.3, -0.25) is 9.36 Å². The number of nitrogens with zero attached hydrogens (tertiary/aromatic N) is 2. The van der Waals surface area contributed by atoms with E-state index >= 15 is 0 Å². The van der Waals surface area contributed by atoms with Crippen molar-refractivity contribution in [3.05, 3.63) is 22.9 Å². The van der Waals surface area contributed by atoms with E-state index in [0.717, 1.165) is 0 Å². The number of ether oxygens (including phenoxy) is 1. The molecule has 0 bridgehead atoms. The Bertz CT molecular complexity index is 380. The van der Waals surface area contributed by atoms with Crippen molar-refractivity contribution in [2.45, 2.75) is 6.54 Å². The molecule has 1 aromatic heterocycles. The van der Waals surface area contributed by atoms with Gasteiger partial charge in [0.15, 0.2) is 0 Å². The van der Waals surface area contributed by atoms with Crippen LogP contribution in [0.1, 0.15) is 0 Å². The van der Waals surface area contributed by atoms with Crippen LogP contribution in [-0.4, -0.2) is 35.3 Å². The lowest BCUT2D eigenvalue weighted by atomic mass is 10.5. The lowest BCUT2D eigenvalue weighted by Crippen LogP contribution is -2.34. The van der Waals surface area contributed by atoms with Crippen LogP contribution in [0.25, 0.3) is 0 Å². The van der Waals surface area contributed by atoms with Crippen molar-refractivity contribution in [2.24, 2.45) is 7.05 Å². The number of methoxy groups -OCH3 is 1. The number of carbonyl (C=O) groups excluding carboxylic acids is 1. The molecular formula is C9H15N3O3. The third kappa shape index (κ3) is 3.25. The van der Waals surface area contributed by atoms with Crippen LogP contribution in [0.3, 0.4) is 0 Å². The molecule has 1 amide bonds. The normalized spacial score (nSPS) is 10.3. The number of nitrogens with one attached hydrogen (secondary N) is 1. The van der Waals surface area contributed by atoms with Gasteiger partial charge in [0.05, 0.1) is 6.61 Å². The Morgan fingerprint density at radius 1 is 1.53 bits per heavy atom. The maximum Gasteiger partial charge on any atom is 0.328 e. The first kappa shape index (κ1) is 11.5. The minimum absolute atomic E-state index is 0.0450. The van der Waals surface area contributed by atoms with Crippen molar-refractivity contribution in [3.8, 4) is 0 Å². The highest BCUT2D eigenvalue weighted by molar-refractivity contribution is 5.75. The highest BCUT2D eigenvalue weighted by Crippen LogP contribution is 1.82. The summed E-state index contributed by atoms with van der Waals surface area (Å²) < 4.78 is 7.55. The maximum atomic E-state index is 11.4. The van der Waals surface area contributed by atoms with E-state index in [1.165, 1.54) is 9.13 Å². The summed E-state index contributed by atoms with van der Waals surface area (Å²) in [6.45, 7) is 0.968. The number of hydrogen-bond acceptors (Lipinski definition) is 3. The number of hydrogen-bond donors (Lipinski definition) is 1. The predicted molar refractivity (Wildman–Crippen MR) is 54.6 cm³/mol. The summed E-state index contributed by atoms with van der Waals surface area (Å²) >= 11 is 0. The van der Waals surface area contributed by atoms with Gasteiger partial charge in [0.25, 0.3) is 0 Å². The molecule has 0 aliphatic heterocycles. The molecule has 0 aromatic carbocycles. The molecule has 0 spiro atoms. The molecule has 15 heavy (non-hydrogen) atoms. The van der Waals surface area contributed by atoms with Crippen LogP contribution in [0.15, 0.2) is 17.2 Å². The second-order valence-corrected chi connectivity index (χ2v) is 3.16. The number of rotatable bonds is 5. The second kappa shape index (κ2) is 5.35. The van der Waals surface area contributed by atoms with Gasteiger partial charge in [0, 0.05) is 33.1 Å². The Morgan fingerprint density at radius 3 is 2.80 bits per heavy atom. The molecule has 0 atom stereocenters. The summed E-state index contributed by atoms with van der Waals surface area (Å²) in [6, 6.07) is 0. The summed E-state index contributed by atoms with van der Waals surface area (Å²) in [5.41, 5.74) is -0.197. The first-order chi connectivity index (χ1) is 7.15. The SMILES string of the molecule is COCCNC(=O)Cn1ccn(C)c1=O. The lowest BCUT2D eigenvalue weighted by molar-refractivity contribution is -0.121. The zero-order chi connectivity index (χ0) is 11.3. The van der Waals surface area contributed by atoms with Gasteiger partial charge in [-0.2, -0.15) is 0 Å². The van der Waals surface area contributed by atoms with Crippen molar-refractivity contribution in [1.82, 2.24) is 14.5 Å². The van der Waals surface area contributed by atoms with Crippen LogP contribution in [0.2, 0.25) is 0 Å². The Hall–Kier alpha value is -1.56. The van der Waals surface area contributed by atoms with Crippen molar-refractivity contribution in [3.63, 3.8) is 0 Å². The summed E-state index contributed by atoms with van der Waals surface area (Å²) in [7, 11) is 3.20. The topological polar surface area (TPSA) is 65.3 Å². The van der Waals surface area contributed by atoms with E-state index in [0.29, 0.717) is 13.2 Å². The molecule has 0 saturated carbocycles. The summed E-state index contributed by atoms with van der Waals surface area (Å²) in [6.07, 6.45) is 3.20. The van der Waals surface area contributed by atoms with Crippen LogP contribution >= 0.6 is 0 Å². The fourth-order valence-electron chi connectivity index (χ4n) is 1.13. The maximum absolute atomic E-state index is 11.4. The van der Waals surface area contributed by atoms with Gasteiger partial charge in [-0.1, -0.05) is 0 Å². The average Bonchev–Trinajstić information content (AvgIpc) is 2.50. The van der Waals surface area contributed by atoms with Gasteiger partial charge in [0.1, 0.15) is 6.54 Å². The molecule has 1 aromatic rings. The second-order valence-electron chi connectivity index (χ2n) is 3.16. The molecule has 6 nitrogen and oxygen atoms in total. The fraction of sp³-hybridized carbons (Fsp3) is 0.556. The van der Waals surface area contributed by atoms with Gasteiger partial charge in [-0.05, 0) is 0 Å². The number of aryl methyl sites for hydroxylation is 1. The first-order valence-electron chi connectivity index (χ1n) is 4.62. The molecule has 0 fully saturated rings. The van der Waals surface area contributed by atoms with Crippen LogP contribution in [0.5, 0.6) is 0 Å². The molecule has 1 heterocycles. The molecule has 0 aliphatic carbocycles.